The van der Waals surface area contributed by atoms with Gasteiger partial charge in [-0.1, -0.05) is 5.16 Å². The molecule has 1 aromatic rings. The first-order chi connectivity index (χ1) is 10.9. The van der Waals surface area contributed by atoms with Crippen LogP contribution in [-0.2, 0) is 14.3 Å². The monoisotopic (exact) mass is 323 g/mol. The molecule has 0 aliphatic carbocycles. The third kappa shape index (κ3) is 3.97. The lowest BCUT2D eigenvalue weighted by Gasteiger charge is -2.33. The predicted octanol–water partition coefficient (Wildman–Crippen LogP) is 2.26. The molecular formula is C16H22FN3O3. The van der Waals surface area contributed by atoms with Crippen molar-refractivity contribution in [2.45, 2.75) is 39.1 Å². The Morgan fingerprint density at radius 3 is 2.91 bits per heavy atom. The topological polar surface area (TPSA) is 56.2 Å². The fourth-order valence-corrected chi connectivity index (χ4v) is 2.59. The third-order valence-corrected chi connectivity index (χ3v) is 3.80. The maximum atomic E-state index is 13.8. The highest BCUT2D eigenvalue weighted by atomic mass is 19.1. The van der Waals surface area contributed by atoms with E-state index in [-0.39, 0.29) is 11.9 Å². The molecular weight excluding hydrogens is 301 g/mol. The Labute approximate surface area is 135 Å². The summed E-state index contributed by atoms with van der Waals surface area (Å²) in [6, 6.07) is 1.49. The normalized spacial score (nSPS) is 22.9. The first kappa shape index (κ1) is 16.1. The Morgan fingerprint density at radius 2 is 2.26 bits per heavy atom. The van der Waals surface area contributed by atoms with Gasteiger partial charge in [-0.3, -0.25) is 0 Å². The van der Waals surface area contributed by atoms with E-state index in [1.807, 2.05) is 25.7 Å². The van der Waals surface area contributed by atoms with E-state index in [2.05, 4.69) is 10.1 Å². The second-order valence-corrected chi connectivity index (χ2v) is 6.40. The Morgan fingerprint density at radius 1 is 1.48 bits per heavy atom. The van der Waals surface area contributed by atoms with Crippen LogP contribution in [0.1, 0.15) is 25.8 Å². The van der Waals surface area contributed by atoms with E-state index in [9.17, 15) is 4.39 Å². The molecule has 0 saturated carbocycles. The number of anilines is 1. The standard InChI is InChI=1S/C16H22FN3O3/c1-11-6-14(17)15(18-7-11)20-8-12(9-20)19-22-5-4-13-10-21-16(2,3)23-13/h6-7,13H,4-5,8-10H2,1-3H3. The predicted molar refractivity (Wildman–Crippen MR) is 84.1 cm³/mol. The molecule has 126 valence electrons. The zero-order valence-corrected chi connectivity index (χ0v) is 13.7. The van der Waals surface area contributed by atoms with Crippen molar-refractivity contribution in [1.29, 1.82) is 0 Å². The Kier molecular flexibility index (Phi) is 4.50. The Hall–Kier alpha value is -1.73. The molecule has 3 heterocycles. The van der Waals surface area contributed by atoms with Crippen molar-refractivity contribution >= 4 is 11.5 Å². The first-order valence-electron chi connectivity index (χ1n) is 7.79. The number of hydrogen-bond acceptors (Lipinski definition) is 6. The number of nitrogens with zero attached hydrogens (tertiary/aromatic N) is 3. The van der Waals surface area contributed by atoms with Crippen LogP contribution in [0.15, 0.2) is 17.4 Å². The van der Waals surface area contributed by atoms with Crippen molar-refractivity contribution in [3.63, 3.8) is 0 Å². The molecule has 1 unspecified atom stereocenters. The van der Waals surface area contributed by atoms with Crippen LogP contribution in [0.4, 0.5) is 10.2 Å². The van der Waals surface area contributed by atoms with E-state index < -0.39 is 5.79 Å². The van der Waals surface area contributed by atoms with Crippen molar-refractivity contribution in [1.82, 2.24) is 4.98 Å². The highest BCUT2D eigenvalue weighted by Crippen LogP contribution is 2.24. The van der Waals surface area contributed by atoms with Crippen LogP contribution in [-0.4, -0.2) is 48.9 Å². The lowest BCUT2D eigenvalue weighted by Crippen LogP contribution is -2.48. The van der Waals surface area contributed by atoms with Gasteiger partial charge in [0.25, 0.3) is 0 Å². The number of rotatable bonds is 5. The minimum atomic E-state index is -0.504. The van der Waals surface area contributed by atoms with E-state index in [0.717, 1.165) is 17.7 Å². The first-order valence-corrected chi connectivity index (χ1v) is 7.79. The Balaban J connectivity index is 1.39. The highest BCUT2D eigenvalue weighted by Gasteiger charge is 2.32. The molecule has 1 aromatic heterocycles. The maximum Gasteiger partial charge on any atom is 0.165 e. The van der Waals surface area contributed by atoms with Gasteiger partial charge in [-0.05, 0) is 32.4 Å². The molecule has 0 amide bonds. The van der Waals surface area contributed by atoms with E-state index in [0.29, 0.717) is 32.1 Å². The molecule has 0 aromatic carbocycles. The van der Waals surface area contributed by atoms with Crippen molar-refractivity contribution < 1.29 is 18.7 Å². The van der Waals surface area contributed by atoms with Crippen LogP contribution < -0.4 is 4.90 Å². The second-order valence-electron chi connectivity index (χ2n) is 6.40. The lowest BCUT2D eigenvalue weighted by molar-refractivity contribution is -0.140. The van der Waals surface area contributed by atoms with Gasteiger partial charge in [-0.25, -0.2) is 9.37 Å². The van der Waals surface area contributed by atoms with Gasteiger partial charge in [-0.15, -0.1) is 0 Å². The van der Waals surface area contributed by atoms with Crippen LogP contribution in [0.3, 0.4) is 0 Å². The molecule has 1 atom stereocenters. The van der Waals surface area contributed by atoms with Gasteiger partial charge in [0.1, 0.15) is 6.61 Å². The zero-order chi connectivity index (χ0) is 16.4. The maximum absolute atomic E-state index is 13.8. The molecule has 0 radical (unpaired) electrons. The summed E-state index contributed by atoms with van der Waals surface area (Å²) in [5.41, 5.74) is 1.70. The fraction of sp³-hybridized carbons (Fsp3) is 0.625. The number of oxime groups is 1. The van der Waals surface area contributed by atoms with Crippen molar-refractivity contribution in [3.8, 4) is 0 Å². The van der Waals surface area contributed by atoms with Crippen LogP contribution in [0, 0.1) is 12.7 Å². The molecule has 0 N–H and O–H groups in total. The lowest BCUT2D eigenvalue weighted by atomic mass is 10.2. The van der Waals surface area contributed by atoms with Gasteiger partial charge in [0.2, 0.25) is 0 Å². The highest BCUT2D eigenvalue weighted by molar-refractivity contribution is 5.99. The molecule has 2 aliphatic rings. The Bertz CT molecular complexity index is 598. The summed E-state index contributed by atoms with van der Waals surface area (Å²) in [7, 11) is 0. The molecule has 3 rings (SSSR count). The average Bonchev–Trinajstić information content (AvgIpc) is 2.77. The number of pyridine rings is 1. The fourth-order valence-electron chi connectivity index (χ4n) is 2.59. The largest absolute Gasteiger partial charge is 0.396 e. The van der Waals surface area contributed by atoms with Gasteiger partial charge in [0.05, 0.1) is 31.5 Å². The average molecular weight is 323 g/mol. The zero-order valence-electron chi connectivity index (χ0n) is 13.7. The van der Waals surface area contributed by atoms with Gasteiger partial charge in [0.15, 0.2) is 17.4 Å². The van der Waals surface area contributed by atoms with Gasteiger partial charge in [-0.2, -0.15) is 0 Å². The quantitative estimate of drug-likeness (QED) is 0.614. The summed E-state index contributed by atoms with van der Waals surface area (Å²) in [5, 5.41) is 4.08. The molecule has 6 nitrogen and oxygen atoms in total. The molecule has 2 fully saturated rings. The number of halogens is 1. The van der Waals surface area contributed by atoms with Crippen molar-refractivity contribution in [2.24, 2.45) is 5.16 Å². The molecule has 7 heteroatoms. The molecule has 0 spiro atoms. The molecule has 0 bridgehead atoms. The number of aromatic nitrogens is 1. The summed E-state index contributed by atoms with van der Waals surface area (Å²) in [4.78, 5) is 11.3. The van der Waals surface area contributed by atoms with Crippen LogP contribution in [0.25, 0.3) is 0 Å². The van der Waals surface area contributed by atoms with Crippen LogP contribution in [0.2, 0.25) is 0 Å². The SMILES string of the molecule is Cc1cnc(N2CC(=NOCCC3COC(C)(C)O3)C2)c(F)c1. The summed E-state index contributed by atoms with van der Waals surface area (Å²) < 4.78 is 25.0. The minimum absolute atomic E-state index is 0.0499. The van der Waals surface area contributed by atoms with E-state index in [4.69, 9.17) is 14.3 Å². The number of ether oxygens (including phenoxy) is 2. The molecule has 2 saturated heterocycles. The van der Waals surface area contributed by atoms with Crippen LogP contribution >= 0.6 is 0 Å². The summed E-state index contributed by atoms with van der Waals surface area (Å²) >= 11 is 0. The van der Waals surface area contributed by atoms with Crippen molar-refractivity contribution in [3.05, 3.63) is 23.6 Å². The number of aryl methyl sites for hydroxylation is 1. The van der Waals surface area contributed by atoms with Gasteiger partial charge >= 0.3 is 0 Å². The molecule has 23 heavy (non-hydrogen) atoms. The van der Waals surface area contributed by atoms with Gasteiger partial charge < -0.3 is 19.2 Å². The summed E-state index contributed by atoms with van der Waals surface area (Å²) in [6.45, 7) is 7.76. The van der Waals surface area contributed by atoms with E-state index in [1.165, 1.54) is 6.07 Å². The summed E-state index contributed by atoms with van der Waals surface area (Å²) in [6.07, 6.45) is 2.45. The number of hydrogen-bond donors (Lipinski definition) is 0. The molecule has 2 aliphatic heterocycles. The van der Waals surface area contributed by atoms with Crippen LogP contribution in [0.5, 0.6) is 0 Å². The minimum Gasteiger partial charge on any atom is -0.396 e. The van der Waals surface area contributed by atoms with Crippen molar-refractivity contribution in [2.75, 3.05) is 31.2 Å². The van der Waals surface area contributed by atoms with E-state index in [1.54, 1.807) is 6.20 Å². The second kappa shape index (κ2) is 6.41. The smallest absolute Gasteiger partial charge is 0.165 e. The van der Waals surface area contributed by atoms with E-state index >= 15 is 0 Å². The van der Waals surface area contributed by atoms with Gasteiger partial charge in [0, 0.05) is 12.6 Å². The summed E-state index contributed by atoms with van der Waals surface area (Å²) in [5.74, 6) is -0.435. The third-order valence-electron chi connectivity index (χ3n) is 3.80.